The summed E-state index contributed by atoms with van der Waals surface area (Å²) in [4.78, 5) is 32.4. The smallest absolute Gasteiger partial charge is 0.327 e. The predicted molar refractivity (Wildman–Crippen MR) is 151 cm³/mol. The third-order valence-electron chi connectivity index (χ3n) is 6.91. The number of nitrogens with zero attached hydrogens (tertiary/aromatic N) is 5. The lowest BCUT2D eigenvalue weighted by atomic mass is 10.1. The first kappa shape index (κ1) is 28.2. The van der Waals surface area contributed by atoms with E-state index < -0.39 is 0 Å². The molecule has 0 aliphatic carbocycles. The molecule has 0 radical (unpaired) electrons. The van der Waals surface area contributed by atoms with Crippen LogP contribution in [0.15, 0.2) is 23.0 Å². The highest BCUT2D eigenvalue weighted by Crippen LogP contribution is 2.23. The molecule has 1 aliphatic rings. The summed E-state index contributed by atoms with van der Waals surface area (Å²) in [5.41, 5.74) is 7.87. The number of H-pyrrole nitrogens is 1. The first-order valence-corrected chi connectivity index (χ1v) is 14.1. The molecule has 0 unspecified atom stereocenters. The topological polar surface area (TPSA) is 115 Å². The van der Waals surface area contributed by atoms with Gasteiger partial charge in [-0.2, -0.15) is 9.97 Å². The molecule has 0 saturated carbocycles. The number of nitrogens with one attached hydrogen (secondary N) is 1. The SMILES string of the molecule is CCCCOc1nc(N)c2[nH]c(=O)n(CCCCCCCN3CCN(Oc4ccc(Cl)cc4C)CC3)c2n1. The van der Waals surface area contributed by atoms with Crippen molar-refractivity contribution in [1.29, 1.82) is 0 Å². The number of hydrogen-bond donors (Lipinski definition) is 2. The van der Waals surface area contributed by atoms with Crippen LogP contribution in [0.2, 0.25) is 5.02 Å². The van der Waals surface area contributed by atoms with Crippen LogP contribution in [0, 0.1) is 6.92 Å². The lowest BCUT2D eigenvalue weighted by molar-refractivity contribution is -0.0889. The van der Waals surface area contributed by atoms with Gasteiger partial charge in [0.1, 0.15) is 11.3 Å². The largest absolute Gasteiger partial charge is 0.463 e. The highest BCUT2D eigenvalue weighted by molar-refractivity contribution is 6.30. The third-order valence-corrected chi connectivity index (χ3v) is 7.15. The Balaban J connectivity index is 1.13. The van der Waals surface area contributed by atoms with Crippen LogP contribution < -0.4 is 21.0 Å². The summed E-state index contributed by atoms with van der Waals surface area (Å²) in [5, 5.41) is 2.77. The first-order valence-electron chi connectivity index (χ1n) is 13.7. The number of hydroxylamine groups is 2. The number of nitrogens with two attached hydrogens (primary N) is 1. The second kappa shape index (κ2) is 13.8. The van der Waals surface area contributed by atoms with Gasteiger partial charge >= 0.3 is 11.7 Å². The maximum absolute atomic E-state index is 12.5. The molecule has 0 bridgehead atoms. The molecule has 10 nitrogen and oxygen atoms in total. The van der Waals surface area contributed by atoms with Gasteiger partial charge in [-0.05, 0) is 56.5 Å². The molecule has 1 saturated heterocycles. The van der Waals surface area contributed by atoms with Crippen LogP contribution in [-0.4, -0.2) is 68.8 Å². The van der Waals surface area contributed by atoms with Crippen molar-refractivity contribution in [3.05, 3.63) is 39.3 Å². The lowest BCUT2D eigenvalue weighted by Crippen LogP contribution is -2.47. The van der Waals surface area contributed by atoms with Crippen LogP contribution in [0.25, 0.3) is 11.2 Å². The molecule has 4 rings (SSSR count). The molecule has 11 heteroatoms. The molecule has 2 aromatic heterocycles. The maximum atomic E-state index is 12.5. The fourth-order valence-electron chi connectivity index (χ4n) is 4.65. The molecule has 1 aromatic carbocycles. The number of benzene rings is 1. The predicted octanol–water partition coefficient (Wildman–Crippen LogP) is 4.40. The maximum Gasteiger partial charge on any atom is 0.327 e. The number of rotatable bonds is 14. The van der Waals surface area contributed by atoms with Crippen molar-refractivity contribution in [2.24, 2.45) is 0 Å². The second-order valence-electron chi connectivity index (χ2n) is 9.91. The average Bonchev–Trinajstić information content (AvgIpc) is 3.22. The van der Waals surface area contributed by atoms with Gasteiger partial charge in [-0.15, -0.1) is 5.06 Å². The normalized spacial score (nSPS) is 14.8. The first-order chi connectivity index (χ1) is 18.4. The Kier molecular flexibility index (Phi) is 10.3. The summed E-state index contributed by atoms with van der Waals surface area (Å²) in [7, 11) is 0. The van der Waals surface area contributed by atoms with Crippen molar-refractivity contribution < 1.29 is 9.57 Å². The molecular weight excluding hydrogens is 506 g/mol. The summed E-state index contributed by atoms with van der Waals surface area (Å²) in [5.74, 6) is 1.11. The number of piperazine rings is 1. The molecule has 1 aliphatic heterocycles. The number of unbranched alkanes of at least 4 members (excludes halogenated alkanes) is 5. The molecule has 38 heavy (non-hydrogen) atoms. The van der Waals surface area contributed by atoms with Crippen LogP contribution in [0.3, 0.4) is 0 Å². The zero-order chi connectivity index (χ0) is 26.9. The molecule has 0 spiro atoms. The zero-order valence-corrected chi connectivity index (χ0v) is 23.3. The summed E-state index contributed by atoms with van der Waals surface area (Å²) in [6.07, 6.45) is 7.38. The van der Waals surface area contributed by atoms with Crippen LogP contribution in [0.4, 0.5) is 5.82 Å². The number of nitrogen functional groups attached to an aromatic ring is 1. The minimum absolute atomic E-state index is 0.207. The number of aromatic nitrogens is 4. The highest BCUT2D eigenvalue weighted by Gasteiger charge is 2.19. The quantitative estimate of drug-likeness (QED) is 0.286. The van der Waals surface area contributed by atoms with E-state index in [4.69, 9.17) is 26.9 Å². The number of halogens is 1. The van der Waals surface area contributed by atoms with Gasteiger partial charge in [0, 0.05) is 37.7 Å². The summed E-state index contributed by atoms with van der Waals surface area (Å²) < 4.78 is 7.26. The number of aromatic amines is 1. The van der Waals surface area contributed by atoms with E-state index in [0.29, 0.717) is 24.3 Å². The van der Waals surface area contributed by atoms with Crippen molar-refractivity contribution in [2.45, 2.75) is 65.3 Å². The number of imidazole rings is 1. The van der Waals surface area contributed by atoms with Gasteiger partial charge in [0.2, 0.25) is 0 Å². The highest BCUT2D eigenvalue weighted by atomic mass is 35.5. The molecule has 0 amide bonds. The van der Waals surface area contributed by atoms with Gasteiger partial charge in [0.15, 0.2) is 11.5 Å². The fraction of sp³-hybridized carbons (Fsp3) is 0.593. The number of aryl methyl sites for hydroxylation is 2. The lowest BCUT2D eigenvalue weighted by Gasteiger charge is -2.34. The Hall–Kier alpha value is -2.82. The Labute approximate surface area is 229 Å². The van der Waals surface area contributed by atoms with Crippen LogP contribution in [0.1, 0.15) is 57.4 Å². The van der Waals surface area contributed by atoms with Gasteiger partial charge in [-0.1, -0.05) is 44.2 Å². The Morgan fingerprint density at radius 1 is 1.03 bits per heavy atom. The molecular formula is C27H40ClN7O3. The van der Waals surface area contributed by atoms with Gasteiger partial charge in [0.05, 0.1) is 6.61 Å². The van der Waals surface area contributed by atoms with Crippen LogP contribution in [0.5, 0.6) is 11.8 Å². The van der Waals surface area contributed by atoms with E-state index in [9.17, 15) is 4.79 Å². The number of anilines is 1. The second-order valence-corrected chi connectivity index (χ2v) is 10.3. The van der Waals surface area contributed by atoms with E-state index in [1.165, 1.54) is 12.8 Å². The van der Waals surface area contributed by atoms with Crippen LogP contribution >= 0.6 is 11.6 Å². The number of fused-ring (bicyclic) bond motifs is 1. The molecule has 208 valence electrons. The fourth-order valence-corrected chi connectivity index (χ4v) is 4.87. The minimum Gasteiger partial charge on any atom is -0.463 e. The zero-order valence-electron chi connectivity index (χ0n) is 22.5. The van der Waals surface area contributed by atoms with Crippen molar-refractivity contribution in [1.82, 2.24) is 29.5 Å². The van der Waals surface area contributed by atoms with Crippen molar-refractivity contribution >= 4 is 28.6 Å². The molecule has 3 heterocycles. The van der Waals surface area contributed by atoms with Gasteiger partial charge in [-0.3, -0.25) is 4.57 Å². The van der Waals surface area contributed by atoms with E-state index in [1.807, 2.05) is 30.2 Å². The summed E-state index contributed by atoms with van der Waals surface area (Å²) >= 11 is 6.04. The van der Waals surface area contributed by atoms with E-state index in [2.05, 4.69) is 26.8 Å². The van der Waals surface area contributed by atoms with Crippen molar-refractivity contribution in [2.75, 3.05) is 45.1 Å². The summed E-state index contributed by atoms with van der Waals surface area (Å²) in [6.45, 7) is 10.1. The van der Waals surface area contributed by atoms with Gasteiger partial charge < -0.3 is 25.2 Å². The molecule has 3 aromatic rings. The van der Waals surface area contributed by atoms with E-state index in [1.54, 1.807) is 4.57 Å². The van der Waals surface area contributed by atoms with Crippen LogP contribution in [-0.2, 0) is 6.54 Å². The third kappa shape index (κ3) is 7.61. The monoisotopic (exact) mass is 545 g/mol. The summed E-state index contributed by atoms with van der Waals surface area (Å²) in [6, 6.07) is 5.95. The molecule has 0 atom stereocenters. The van der Waals surface area contributed by atoms with E-state index in [0.717, 1.165) is 81.2 Å². The molecule has 3 N–H and O–H groups in total. The van der Waals surface area contributed by atoms with Crippen molar-refractivity contribution in [3.63, 3.8) is 0 Å². The van der Waals surface area contributed by atoms with Crippen molar-refractivity contribution in [3.8, 4) is 11.8 Å². The number of hydrogen-bond acceptors (Lipinski definition) is 8. The standard InChI is InChI=1S/C27H40ClN7O3/c1-3-4-18-37-26-31-24(29)23-25(32-26)35(27(36)30-23)13-9-7-5-6-8-12-33-14-16-34(17-15-33)38-22-11-10-21(28)19-20(22)2/h10-11,19H,3-9,12-18H2,1-2H3,(H,30,36)(H2,29,31,32). The number of ether oxygens (including phenoxy) is 1. The Morgan fingerprint density at radius 3 is 2.50 bits per heavy atom. The minimum atomic E-state index is -0.207. The van der Waals surface area contributed by atoms with E-state index in [-0.39, 0.29) is 17.5 Å². The van der Waals surface area contributed by atoms with Gasteiger partial charge in [0.25, 0.3) is 0 Å². The molecule has 1 fully saturated rings. The van der Waals surface area contributed by atoms with E-state index >= 15 is 0 Å². The van der Waals surface area contributed by atoms with Gasteiger partial charge in [-0.25, -0.2) is 4.79 Å². The Morgan fingerprint density at radius 2 is 1.76 bits per heavy atom. The average molecular weight is 546 g/mol. The Bertz CT molecular complexity index is 1240.